The lowest BCUT2D eigenvalue weighted by Crippen LogP contribution is -2.37. The van der Waals surface area contributed by atoms with Crippen LogP contribution in [0.4, 0.5) is 0 Å². The molecule has 0 aliphatic rings. The minimum absolute atomic E-state index is 0.260. The van der Waals surface area contributed by atoms with Crippen molar-refractivity contribution >= 4 is 12.0 Å². The molecule has 2 rings (SSSR count). The maximum Gasteiger partial charge on any atom is 0.330 e. The fraction of sp³-hybridized carbons (Fsp3) is 0.316. The Hall–Kier alpha value is -3.09. The number of rotatable bonds is 5. The summed E-state index contributed by atoms with van der Waals surface area (Å²) >= 11 is 0. The molecule has 0 fully saturated rings. The summed E-state index contributed by atoms with van der Waals surface area (Å²) in [7, 11) is 6.22. The third kappa shape index (κ3) is 4.11. The normalized spacial score (nSPS) is 11.0. The molecule has 1 amide bonds. The van der Waals surface area contributed by atoms with Gasteiger partial charge in [0, 0.05) is 45.5 Å². The van der Waals surface area contributed by atoms with Crippen LogP contribution in [-0.2, 0) is 25.4 Å². The first-order valence-corrected chi connectivity index (χ1v) is 8.08. The molecule has 7 heteroatoms. The van der Waals surface area contributed by atoms with E-state index in [0.29, 0.717) is 12.3 Å². The van der Waals surface area contributed by atoms with Crippen LogP contribution < -0.4 is 16.0 Å². The fourth-order valence-corrected chi connectivity index (χ4v) is 2.60. The molecule has 0 atom stereocenters. The topological polar surface area (TPSA) is 73.5 Å². The molecule has 0 saturated heterocycles. The number of aryl methyl sites for hydroxylation is 2. The van der Waals surface area contributed by atoms with Crippen molar-refractivity contribution in [3.8, 4) is 5.75 Å². The van der Waals surface area contributed by atoms with Gasteiger partial charge in [-0.1, -0.05) is 17.7 Å². The van der Waals surface area contributed by atoms with E-state index in [9.17, 15) is 14.4 Å². The van der Waals surface area contributed by atoms with Crippen molar-refractivity contribution in [3.05, 3.63) is 68.0 Å². The second-order valence-electron chi connectivity index (χ2n) is 6.19. The smallest absolute Gasteiger partial charge is 0.330 e. The van der Waals surface area contributed by atoms with Gasteiger partial charge in [0.25, 0.3) is 5.56 Å². The van der Waals surface area contributed by atoms with Crippen molar-refractivity contribution in [2.75, 3.05) is 14.2 Å². The summed E-state index contributed by atoms with van der Waals surface area (Å²) in [5.41, 5.74) is 1.38. The van der Waals surface area contributed by atoms with Gasteiger partial charge in [-0.3, -0.25) is 14.2 Å². The van der Waals surface area contributed by atoms with Crippen LogP contribution in [0.15, 0.2) is 40.1 Å². The van der Waals surface area contributed by atoms with Gasteiger partial charge in [0.1, 0.15) is 5.75 Å². The summed E-state index contributed by atoms with van der Waals surface area (Å²) in [6.45, 7) is 2.35. The number of amides is 1. The van der Waals surface area contributed by atoms with E-state index in [1.807, 2.05) is 25.1 Å². The molecular weight excluding hydrogens is 334 g/mol. The zero-order chi connectivity index (χ0) is 19.4. The van der Waals surface area contributed by atoms with Crippen LogP contribution in [0.25, 0.3) is 6.08 Å². The molecule has 7 nitrogen and oxygen atoms in total. The number of carbonyl (C=O) groups is 1. The van der Waals surface area contributed by atoms with Crippen molar-refractivity contribution in [2.45, 2.75) is 13.5 Å². The largest absolute Gasteiger partial charge is 0.496 e. The molecule has 1 heterocycles. The van der Waals surface area contributed by atoms with Gasteiger partial charge < -0.3 is 14.2 Å². The highest BCUT2D eigenvalue weighted by molar-refractivity contribution is 5.91. The Morgan fingerprint density at radius 3 is 2.62 bits per heavy atom. The van der Waals surface area contributed by atoms with Gasteiger partial charge in [-0.15, -0.1) is 0 Å². The Kier molecular flexibility index (Phi) is 5.82. The second kappa shape index (κ2) is 7.86. The maximum absolute atomic E-state index is 12.4. The van der Waals surface area contributed by atoms with Crippen LogP contribution in [-0.4, -0.2) is 34.1 Å². The highest BCUT2D eigenvalue weighted by Crippen LogP contribution is 2.21. The predicted octanol–water partition coefficient (Wildman–Crippen LogP) is 1.07. The van der Waals surface area contributed by atoms with Crippen molar-refractivity contribution < 1.29 is 9.53 Å². The van der Waals surface area contributed by atoms with Gasteiger partial charge in [0.15, 0.2) is 0 Å². The van der Waals surface area contributed by atoms with Crippen molar-refractivity contribution in [3.63, 3.8) is 0 Å². The van der Waals surface area contributed by atoms with E-state index >= 15 is 0 Å². The SMILES string of the molecule is COc1ccc(C)cc1CN(C)C(=O)C=Cc1cn(C)c(=O)n(C)c1=O. The number of ether oxygens (including phenoxy) is 1. The van der Waals surface area contributed by atoms with Gasteiger partial charge in [-0.2, -0.15) is 0 Å². The number of methoxy groups -OCH3 is 1. The molecule has 0 saturated carbocycles. The lowest BCUT2D eigenvalue weighted by molar-refractivity contribution is -0.125. The summed E-state index contributed by atoms with van der Waals surface area (Å²) in [4.78, 5) is 37.7. The molecule has 138 valence electrons. The molecule has 26 heavy (non-hydrogen) atoms. The molecule has 0 unspecified atom stereocenters. The van der Waals surface area contributed by atoms with E-state index in [2.05, 4.69) is 0 Å². The fourth-order valence-electron chi connectivity index (χ4n) is 2.60. The number of carbonyl (C=O) groups excluding carboxylic acids is 1. The van der Waals surface area contributed by atoms with E-state index in [4.69, 9.17) is 4.74 Å². The number of nitrogens with zero attached hydrogens (tertiary/aromatic N) is 3. The second-order valence-corrected chi connectivity index (χ2v) is 6.19. The Bertz CT molecular complexity index is 970. The first-order valence-electron chi connectivity index (χ1n) is 8.08. The summed E-state index contributed by atoms with van der Waals surface area (Å²) in [6.07, 6.45) is 4.16. The predicted molar refractivity (Wildman–Crippen MR) is 100 cm³/mol. The van der Waals surface area contributed by atoms with E-state index in [1.165, 1.54) is 34.9 Å². The molecule has 1 aromatic heterocycles. The molecular formula is C19H23N3O4. The highest BCUT2D eigenvalue weighted by atomic mass is 16.5. The molecule has 0 radical (unpaired) electrons. The van der Waals surface area contributed by atoms with Crippen molar-refractivity contribution in [2.24, 2.45) is 14.1 Å². The maximum atomic E-state index is 12.4. The Morgan fingerprint density at radius 2 is 1.96 bits per heavy atom. The van der Waals surface area contributed by atoms with Crippen LogP contribution in [0.5, 0.6) is 5.75 Å². The lowest BCUT2D eigenvalue weighted by Gasteiger charge is -2.17. The first-order chi connectivity index (χ1) is 12.2. The van der Waals surface area contributed by atoms with Gasteiger partial charge >= 0.3 is 5.69 Å². The molecule has 0 aliphatic heterocycles. The number of benzene rings is 1. The van der Waals surface area contributed by atoms with E-state index in [1.54, 1.807) is 21.2 Å². The Labute approximate surface area is 151 Å². The summed E-state index contributed by atoms with van der Waals surface area (Å²) in [5, 5.41) is 0. The van der Waals surface area contributed by atoms with E-state index in [0.717, 1.165) is 15.7 Å². The van der Waals surface area contributed by atoms with Crippen LogP contribution in [0.2, 0.25) is 0 Å². The van der Waals surface area contributed by atoms with Crippen LogP contribution in [0, 0.1) is 6.92 Å². The van der Waals surface area contributed by atoms with Gasteiger partial charge in [0.05, 0.1) is 12.7 Å². The van der Waals surface area contributed by atoms with E-state index in [-0.39, 0.29) is 11.5 Å². The molecule has 0 spiro atoms. The van der Waals surface area contributed by atoms with Crippen LogP contribution >= 0.6 is 0 Å². The molecule has 0 bridgehead atoms. The monoisotopic (exact) mass is 357 g/mol. The number of hydrogen-bond acceptors (Lipinski definition) is 4. The zero-order valence-electron chi connectivity index (χ0n) is 15.6. The number of hydrogen-bond donors (Lipinski definition) is 0. The zero-order valence-corrected chi connectivity index (χ0v) is 15.6. The minimum atomic E-state index is -0.444. The molecule has 0 N–H and O–H groups in total. The molecule has 1 aromatic carbocycles. The quantitative estimate of drug-likeness (QED) is 0.751. The minimum Gasteiger partial charge on any atom is -0.496 e. The summed E-state index contributed by atoms with van der Waals surface area (Å²) in [6, 6.07) is 5.78. The summed E-state index contributed by atoms with van der Waals surface area (Å²) in [5.74, 6) is 0.454. The average Bonchev–Trinajstić information content (AvgIpc) is 2.61. The third-order valence-electron chi connectivity index (χ3n) is 4.10. The van der Waals surface area contributed by atoms with Crippen molar-refractivity contribution in [1.29, 1.82) is 0 Å². The number of aromatic nitrogens is 2. The van der Waals surface area contributed by atoms with Gasteiger partial charge in [0.2, 0.25) is 5.91 Å². The first kappa shape index (κ1) is 19.2. The standard InChI is InChI=1S/C19H23N3O4/c1-13-6-8-16(26-5)15(10-13)12-20(2)17(23)9-7-14-11-21(3)19(25)22(4)18(14)24/h6-11H,12H2,1-5H3. The number of likely N-dealkylation sites (N-methyl/N-ethyl adjacent to an activating group) is 1. The van der Waals surface area contributed by atoms with Crippen molar-refractivity contribution in [1.82, 2.24) is 14.0 Å². The van der Waals surface area contributed by atoms with Crippen LogP contribution in [0.3, 0.4) is 0 Å². The molecule has 0 aliphatic carbocycles. The average molecular weight is 357 g/mol. The van der Waals surface area contributed by atoms with Crippen LogP contribution in [0.1, 0.15) is 16.7 Å². The summed E-state index contributed by atoms with van der Waals surface area (Å²) < 4.78 is 7.64. The van der Waals surface area contributed by atoms with E-state index < -0.39 is 11.2 Å². The molecule has 2 aromatic rings. The lowest BCUT2D eigenvalue weighted by atomic mass is 10.1. The Morgan fingerprint density at radius 1 is 1.27 bits per heavy atom. The Balaban J connectivity index is 2.20. The third-order valence-corrected chi connectivity index (χ3v) is 4.10. The van der Waals surface area contributed by atoms with Gasteiger partial charge in [-0.25, -0.2) is 4.79 Å². The van der Waals surface area contributed by atoms with Gasteiger partial charge in [-0.05, 0) is 19.1 Å². The highest BCUT2D eigenvalue weighted by Gasteiger charge is 2.11.